The number of aromatic amines is 1. The maximum absolute atomic E-state index is 13.0. The second-order valence-electron chi connectivity index (χ2n) is 7.02. The average Bonchev–Trinajstić information content (AvgIpc) is 3.44. The Bertz CT molecular complexity index is 1410. The molecule has 1 amide bonds. The number of para-hydroxylation sites is 1. The van der Waals surface area contributed by atoms with Crippen LogP contribution in [-0.4, -0.2) is 20.4 Å². The molecule has 0 atom stereocenters. The lowest BCUT2D eigenvalue weighted by Crippen LogP contribution is -2.22. The number of anilines is 1. The van der Waals surface area contributed by atoms with Crippen molar-refractivity contribution in [1.29, 1.82) is 0 Å². The Hall–Kier alpha value is -4.13. The van der Waals surface area contributed by atoms with E-state index in [1.165, 1.54) is 6.26 Å². The maximum atomic E-state index is 13.0. The van der Waals surface area contributed by atoms with Crippen molar-refractivity contribution in [1.82, 2.24) is 14.5 Å². The molecule has 0 saturated heterocycles. The number of carbonyl (C=O) groups excluding carboxylic acids is 1. The van der Waals surface area contributed by atoms with Crippen LogP contribution in [0.5, 0.6) is 0 Å². The molecule has 2 aromatic carbocycles. The number of hydrogen-bond donors (Lipinski definition) is 2. The Morgan fingerprint density at radius 3 is 2.87 bits per heavy atom. The van der Waals surface area contributed by atoms with Crippen molar-refractivity contribution in [2.24, 2.45) is 0 Å². The molecule has 30 heavy (non-hydrogen) atoms. The molecule has 0 radical (unpaired) electrons. The summed E-state index contributed by atoms with van der Waals surface area (Å²) in [7, 11) is 0. The fraction of sp³-hybridized carbons (Fsp3) is 0.0870. The van der Waals surface area contributed by atoms with E-state index in [0.717, 1.165) is 16.5 Å². The predicted octanol–water partition coefficient (Wildman–Crippen LogP) is 3.97. The summed E-state index contributed by atoms with van der Waals surface area (Å²) < 4.78 is 6.70. The highest BCUT2D eigenvalue weighted by Crippen LogP contribution is 2.19. The van der Waals surface area contributed by atoms with Crippen molar-refractivity contribution in [2.45, 2.75) is 13.0 Å². The van der Waals surface area contributed by atoms with Gasteiger partial charge in [-0.25, -0.2) is 4.98 Å². The molecule has 0 aliphatic carbocycles. The molecule has 7 heteroatoms. The largest absolute Gasteiger partial charge is 0.459 e. The summed E-state index contributed by atoms with van der Waals surface area (Å²) in [6.45, 7) is 0.507. The van der Waals surface area contributed by atoms with Gasteiger partial charge in [-0.05, 0) is 48.4 Å². The standard InChI is InChI=1S/C23H18N4O3/c28-22(21-6-3-11-30-21)26-16-7-8-20-18(12-16)23(29)27(14-25-20)10-9-15-13-24-19-5-2-1-4-17(15)19/h1-8,11-14,24H,9-10H2,(H,26,28). The summed E-state index contributed by atoms with van der Waals surface area (Å²) in [5.74, 6) is -0.166. The van der Waals surface area contributed by atoms with E-state index in [0.29, 0.717) is 29.6 Å². The highest BCUT2D eigenvalue weighted by molar-refractivity contribution is 6.03. The van der Waals surface area contributed by atoms with Gasteiger partial charge in [-0.2, -0.15) is 0 Å². The van der Waals surface area contributed by atoms with Crippen LogP contribution in [0.1, 0.15) is 16.1 Å². The molecule has 0 bridgehead atoms. The minimum atomic E-state index is -0.372. The minimum absolute atomic E-state index is 0.145. The van der Waals surface area contributed by atoms with Crippen molar-refractivity contribution in [3.8, 4) is 0 Å². The fourth-order valence-corrected chi connectivity index (χ4v) is 3.58. The van der Waals surface area contributed by atoms with Crippen LogP contribution in [0.15, 0.2) is 82.6 Å². The van der Waals surface area contributed by atoms with Crippen molar-refractivity contribution < 1.29 is 9.21 Å². The van der Waals surface area contributed by atoms with Crippen LogP contribution in [-0.2, 0) is 13.0 Å². The van der Waals surface area contributed by atoms with Crippen molar-refractivity contribution in [2.75, 3.05) is 5.32 Å². The zero-order chi connectivity index (χ0) is 20.5. The van der Waals surface area contributed by atoms with Crippen LogP contribution >= 0.6 is 0 Å². The zero-order valence-electron chi connectivity index (χ0n) is 16.0. The molecule has 7 nitrogen and oxygen atoms in total. The number of nitrogens with zero attached hydrogens (tertiary/aromatic N) is 2. The van der Waals surface area contributed by atoms with E-state index in [4.69, 9.17) is 4.42 Å². The molecule has 3 aromatic heterocycles. The van der Waals surface area contributed by atoms with E-state index in [1.807, 2.05) is 24.4 Å². The third kappa shape index (κ3) is 3.26. The molecule has 0 aliphatic rings. The monoisotopic (exact) mass is 398 g/mol. The molecule has 0 spiro atoms. The molecule has 3 heterocycles. The highest BCUT2D eigenvalue weighted by atomic mass is 16.3. The Kier molecular flexibility index (Phi) is 4.40. The van der Waals surface area contributed by atoms with Gasteiger partial charge in [0.25, 0.3) is 11.5 Å². The Labute approximate surface area is 171 Å². The summed E-state index contributed by atoms with van der Waals surface area (Å²) in [5, 5.41) is 4.35. The van der Waals surface area contributed by atoms with Gasteiger partial charge in [0, 0.05) is 29.3 Å². The molecule has 0 fully saturated rings. The molecular weight excluding hydrogens is 380 g/mol. The van der Waals surface area contributed by atoms with Crippen LogP contribution < -0.4 is 10.9 Å². The van der Waals surface area contributed by atoms with Crippen LogP contribution in [0, 0.1) is 0 Å². The number of rotatable bonds is 5. The van der Waals surface area contributed by atoms with Crippen LogP contribution in [0.3, 0.4) is 0 Å². The van der Waals surface area contributed by atoms with E-state index < -0.39 is 0 Å². The highest BCUT2D eigenvalue weighted by Gasteiger charge is 2.11. The number of fused-ring (bicyclic) bond motifs is 2. The molecule has 0 aliphatic heterocycles. The van der Waals surface area contributed by atoms with Gasteiger partial charge in [-0.15, -0.1) is 0 Å². The molecular formula is C23H18N4O3. The number of hydrogen-bond acceptors (Lipinski definition) is 4. The minimum Gasteiger partial charge on any atom is -0.459 e. The van der Waals surface area contributed by atoms with Gasteiger partial charge in [0.15, 0.2) is 5.76 Å². The van der Waals surface area contributed by atoms with Gasteiger partial charge in [-0.1, -0.05) is 18.2 Å². The predicted molar refractivity (Wildman–Crippen MR) is 115 cm³/mol. The average molecular weight is 398 g/mol. The van der Waals surface area contributed by atoms with Crippen LogP contribution in [0.4, 0.5) is 5.69 Å². The molecule has 0 unspecified atom stereocenters. The molecule has 2 N–H and O–H groups in total. The number of carbonyl (C=O) groups is 1. The van der Waals surface area contributed by atoms with Gasteiger partial charge in [-0.3, -0.25) is 14.2 Å². The second-order valence-corrected chi connectivity index (χ2v) is 7.02. The summed E-state index contributed by atoms with van der Waals surface area (Å²) in [4.78, 5) is 32.9. The van der Waals surface area contributed by atoms with Gasteiger partial charge in [0.05, 0.1) is 23.5 Å². The Balaban J connectivity index is 1.41. The molecule has 5 rings (SSSR count). The smallest absolute Gasteiger partial charge is 0.291 e. The van der Waals surface area contributed by atoms with Gasteiger partial charge >= 0.3 is 0 Å². The number of aromatic nitrogens is 3. The first kappa shape index (κ1) is 17.9. The van der Waals surface area contributed by atoms with Crippen molar-refractivity contribution >= 4 is 33.4 Å². The lowest BCUT2D eigenvalue weighted by molar-refractivity contribution is 0.0996. The Morgan fingerprint density at radius 1 is 1.10 bits per heavy atom. The van der Waals surface area contributed by atoms with E-state index in [2.05, 4.69) is 21.4 Å². The Morgan fingerprint density at radius 2 is 2.00 bits per heavy atom. The van der Waals surface area contributed by atoms with E-state index >= 15 is 0 Å². The maximum Gasteiger partial charge on any atom is 0.291 e. The molecule has 148 valence electrons. The van der Waals surface area contributed by atoms with Gasteiger partial charge < -0.3 is 14.7 Å². The fourth-order valence-electron chi connectivity index (χ4n) is 3.58. The molecule has 0 saturated carbocycles. The third-order valence-corrected chi connectivity index (χ3v) is 5.12. The number of benzene rings is 2. The number of nitrogens with one attached hydrogen (secondary N) is 2. The number of furan rings is 1. The lowest BCUT2D eigenvalue weighted by atomic mass is 10.1. The first-order valence-electron chi connectivity index (χ1n) is 9.58. The summed E-state index contributed by atoms with van der Waals surface area (Å²) in [5.41, 5.74) is 3.18. The molecule has 5 aromatic rings. The SMILES string of the molecule is O=C(Nc1ccc2ncn(CCc3c[nH]c4ccccc34)c(=O)c2c1)c1ccco1. The summed E-state index contributed by atoms with van der Waals surface area (Å²) in [6, 6.07) is 16.4. The third-order valence-electron chi connectivity index (χ3n) is 5.12. The van der Waals surface area contributed by atoms with Crippen molar-refractivity contribution in [3.05, 3.63) is 95.1 Å². The quantitative estimate of drug-likeness (QED) is 0.469. The van der Waals surface area contributed by atoms with Crippen LogP contribution in [0.25, 0.3) is 21.8 Å². The normalized spacial score (nSPS) is 11.2. The second kappa shape index (κ2) is 7.36. The number of aryl methyl sites for hydroxylation is 2. The first-order valence-corrected chi connectivity index (χ1v) is 9.58. The van der Waals surface area contributed by atoms with Crippen molar-refractivity contribution in [3.63, 3.8) is 0 Å². The van der Waals surface area contributed by atoms with Gasteiger partial charge in [0.1, 0.15) is 0 Å². The number of H-pyrrole nitrogens is 1. The summed E-state index contributed by atoms with van der Waals surface area (Å²) >= 11 is 0. The van der Waals surface area contributed by atoms with Crippen LogP contribution in [0.2, 0.25) is 0 Å². The van der Waals surface area contributed by atoms with Gasteiger partial charge in [0.2, 0.25) is 0 Å². The van der Waals surface area contributed by atoms with E-state index in [9.17, 15) is 9.59 Å². The topological polar surface area (TPSA) is 92.9 Å². The van der Waals surface area contributed by atoms with E-state index in [1.54, 1.807) is 41.2 Å². The van der Waals surface area contributed by atoms with E-state index in [-0.39, 0.29) is 17.2 Å². The summed E-state index contributed by atoms with van der Waals surface area (Å²) in [6.07, 6.45) is 5.69. The first-order chi connectivity index (χ1) is 14.7. The zero-order valence-corrected chi connectivity index (χ0v) is 16.0. The number of amides is 1. The lowest BCUT2D eigenvalue weighted by Gasteiger charge is -2.08.